The van der Waals surface area contributed by atoms with Gasteiger partial charge in [0.2, 0.25) is 5.82 Å². The zero-order valence-corrected chi connectivity index (χ0v) is 18.6. The molecule has 1 aliphatic rings. The second-order valence-corrected chi connectivity index (χ2v) is 9.10. The van der Waals surface area contributed by atoms with Crippen LogP contribution in [0.4, 0.5) is 4.39 Å². The molecule has 3 N–H and O–H groups in total. The largest absolute Gasteiger partial charge is 0.472 e. The summed E-state index contributed by atoms with van der Waals surface area (Å²) < 4.78 is 41.5. The Morgan fingerprint density at radius 2 is 1.84 bits per heavy atom. The van der Waals surface area contributed by atoms with Crippen molar-refractivity contribution in [3.8, 4) is 0 Å². The van der Waals surface area contributed by atoms with Crippen LogP contribution in [0.5, 0.6) is 0 Å². The number of aliphatic hydroxyl groups is 1. The second kappa shape index (κ2) is 12.6. The molecule has 0 aromatic carbocycles. The molecule has 2 heterocycles. The lowest BCUT2D eigenvalue weighted by atomic mass is 10.1. The number of unbranched alkanes of at least 4 members (excludes halogenated alkanes) is 7. The molecule has 12 heteroatoms. The fraction of sp³-hybridized carbons (Fsp3) is 0.789. The molecule has 1 saturated heterocycles. The van der Waals surface area contributed by atoms with Gasteiger partial charge in [0.1, 0.15) is 12.3 Å². The smallest absolute Gasteiger partial charge is 0.390 e. The fourth-order valence-corrected chi connectivity index (χ4v) is 4.10. The summed E-state index contributed by atoms with van der Waals surface area (Å²) in [7, 11) is -4.32. The highest BCUT2D eigenvalue weighted by Crippen LogP contribution is 2.44. The zero-order chi connectivity index (χ0) is 22.9. The Bertz CT molecular complexity index is 845. The number of aliphatic hydroxyl groups excluding tert-OH is 1. The average Bonchev–Trinajstić information content (AvgIpc) is 3.08. The zero-order valence-electron chi connectivity index (χ0n) is 17.7. The second-order valence-electron chi connectivity index (χ2n) is 7.65. The summed E-state index contributed by atoms with van der Waals surface area (Å²) in [5.41, 5.74) is -2.05. The highest BCUT2D eigenvalue weighted by Gasteiger charge is 2.37. The summed E-state index contributed by atoms with van der Waals surface area (Å²) in [5.74, 6) is -1.17. The Hall–Kier alpha value is -1.36. The molecule has 0 bridgehead atoms. The van der Waals surface area contributed by atoms with Crippen molar-refractivity contribution in [1.82, 2.24) is 9.55 Å². The Balaban J connectivity index is 1.71. The van der Waals surface area contributed by atoms with Crippen LogP contribution in [0.2, 0.25) is 0 Å². The van der Waals surface area contributed by atoms with E-state index in [1.807, 2.05) is 0 Å². The molecule has 0 radical (unpaired) electrons. The van der Waals surface area contributed by atoms with Crippen LogP contribution >= 0.6 is 7.82 Å². The summed E-state index contributed by atoms with van der Waals surface area (Å²) in [6, 6.07) is 0. The third-order valence-corrected chi connectivity index (χ3v) is 6.08. The van der Waals surface area contributed by atoms with Crippen LogP contribution in [0.3, 0.4) is 0 Å². The summed E-state index contributed by atoms with van der Waals surface area (Å²) in [4.78, 5) is 34.5. The van der Waals surface area contributed by atoms with Crippen LogP contribution in [0.1, 0.15) is 70.9 Å². The number of aromatic nitrogens is 2. The summed E-state index contributed by atoms with van der Waals surface area (Å²) in [6.07, 6.45) is 5.95. The number of nitrogens with zero attached hydrogens (tertiary/aromatic N) is 1. The molecule has 0 aliphatic carbocycles. The van der Waals surface area contributed by atoms with Crippen LogP contribution in [-0.2, 0) is 18.3 Å². The van der Waals surface area contributed by atoms with Crippen LogP contribution in [-0.4, -0.2) is 45.0 Å². The van der Waals surface area contributed by atoms with Crippen LogP contribution in [0.15, 0.2) is 15.8 Å². The average molecular weight is 466 g/mol. The maximum absolute atomic E-state index is 13.4. The van der Waals surface area contributed by atoms with Crippen molar-refractivity contribution in [3.63, 3.8) is 0 Å². The van der Waals surface area contributed by atoms with E-state index in [1.54, 1.807) is 4.98 Å². The molecule has 0 saturated carbocycles. The number of ether oxygens (including phenoxy) is 1. The van der Waals surface area contributed by atoms with E-state index in [0.717, 1.165) is 23.8 Å². The van der Waals surface area contributed by atoms with E-state index >= 15 is 0 Å². The van der Waals surface area contributed by atoms with Gasteiger partial charge in [-0.2, -0.15) is 4.39 Å². The number of phosphoric ester groups is 1. The van der Waals surface area contributed by atoms with Crippen molar-refractivity contribution in [2.75, 3.05) is 13.2 Å². The normalized spacial score (nSPS) is 23.2. The van der Waals surface area contributed by atoms with Crippen molar-refractivity contribution in [2.45, 2.75) is 83.1 Å². The van der Waals surface area contributed by atoms with E-state index in [2.05, 4.69) is 6.92 Å². The van der Waals surface area contributed by atoms with Crippen molar-refractivity contribution in [1.29, 1.82) is 0 Å². The van der Waals surface area contributed by atoms with Gasteiger partial charge in [0.15, 0.2) is 0 Å². The molecule has 0 spiro atoms. The Labute approximate surface area is 180 Å². The summed E-state index contributed by atoms with van der Waals surface area (Å²) in [5, 5.41) is 10.1. The lowest BCUT2D eigenvalue weighted by molar-refractivity contribution is -0.0468. The number of halogens is 1. The lowest BCUT2D eigenvalue weighted by Gasteiger charge is -2.18. The third-order valence-electron chi connectivity index (χ3n) is 5.09. The van der Waals surface area contributed by atoms with Crippen LogP contribution in [0.25, 0.3) is 0 Å². The standard InChI is InChI=1S/C19H32FN2O8P/c1-2-3-4-5-6-7-8-9-10-28-31(26,27)29-13-16-15(23)11-17(30-16)22-12-14(20)18(24)21-19(22)25/h12,15-17,23H,2-11,13H2,1H3,(H,26,27)(H,21,24,25)/t15-,16+,17+/m0/s1. The molecule has 178 valence electrons. The Kier molecular flexibility index (Phi) is 10.5. The molecule has 1 aromatic heterocycles. The topological polar surface area (TPSA) is 140 Å². The van der Waals surface area contributed by atoms with Crippen LogP contribution in [0, 0.1) is 5.82 Å². The minimum atomic E-state index is -4.32. The minimum absolute atomic E-state index is 0.0749. The van der Waals surface area contributed by atoms with Crippen molar-refractivity contribution in [3.05, 3.63) is 32.9 Å². The van der Waals surface area contributed by atoms with E-state index < -0.39 is 49.9 Å². The Morgan fingerprint density at radius 3 is 2.52 bits per heavy atom. The van der Waals surface area contributed by atoms with Gasteiger partial charge >= 0.3 is 13.5 Å². The number of hydrogen-bond acceptors (Lipinski definition) is 7. The van der Waals surface area contributed by atoms with Gasteiger partial charge in [0.05, 0.1) is 25.5 Å². The van der Waals surface area contributed by atoms with E-state index in [-0.39, 0.29) is 13.0 Å². The SMILES string of the molecule is CCCCCCCCCCOP(=O)(O)OC[C@H]1O[C@@H](n2cc(F)c(=O)[nH]c2=O)C[C@@H]1O. The van der Waals surface area contributed by atoms with Gasteiger partial charge in [-0.05, 0) is 6.42 Å². The number of aromatic amines is 1. The summed E-state index contributed by atoms with van der Waals surface area (Å²) >= 11 is 0. The van der Waals surface area contributed by atoms with Gasteiger partial charge in [-0.15, -0.1) is 0 Å². The Morgan fingerprint density at radius 1 is 1.19 bits per heavy atom. The molecule has 31 heavy (non-hydrogen) atoms. The van der Waals surface area contributed by atoms with Crippen molar-refractivity contribution >= 4 is 7.82 Å². The van der Waals surface area contributed by atoms with E-state index in [1.165, 1.54) is 25.7 Å². The molecular weight excluding hydrogens is 434 g/mol. The van der Waals surface area contributed by atoms with Gasteiger partial charge in [-0.3, -0.25) is 23.4 Å². The maximum atomic E-state index is 13.4. The first-order valence-electron chi connectivity index (χ1n) is 10.7. The van der Waals surface area contributed by atoms with Gasteiger partial charge in [0, 0.05) is 6.42 Å². The van der Waals surface area contributed by atoms with Crippen LogP contribution < -0.4 is 11.2 Å². The summed E-state index contributed by atoms with van der Waals surface area (Å²) in [6.45, 7) is 1.79. The third kappa shape index (κ3) is 8.59. The first-order valence-corrected chi connectivity index (χ1v) is 12.2. The monoisotopic (exact) mass is 466 g/mol. The molecule has 1 aromatic rings. The molecule has 4 atom stereocenters. The van der Waals surface area contributed by atoms with E-state index in [4.69, 9.17) is 13.8 Å². The number of phosphoric acid groups is 1. The highest BCUT2D eigenvalue weighted by atomic mass is 31.2. The molecule has 0 amide bonds. The maximum Gasteiger partial charge on any atom is 0.472 e. The quantitative estimate of drug-likeness (QED) is 0.281. The molecule has 2 rings (SSSR count). The van der Waals surface area contributed by atoms with Gasteiger partial charge < -0.3 is 14.7 Å². The van der Waals surface area contributed by atoms with E-state index in [9.17, 15) is 28.5 Å². The first kappa shape index (κ1) is 25.9. The molecule has 10 nitrogen and oxygen atoms in total. The van der Waals surface area contributed by atoms with Crippen molar-refractivity contribution < 1.29 is 32.7 Å². The number of nitrogens with one attached hydrogen (secondary N) is 1. The molecule has 1 unspecified atom stereocenters. The van der Waals surface area contributed by atoms with Gasteiger partial charge in [-0.25, -0.2) is 9.36 Å². The molecule has 1 fully saturated rings. The van der Waals surface area contributed by atoms with E-state index in [0.29, 0.717) is 12.6 Å². The number of H-pyrrole nitrogens is 1. The number of hydrogen-bond donors (Lipinski definition) is 3. The van der Waals surface area contributed by atoms with Gasteiger partial charge in [0.25, 0.3) is 5.56 Å². The molecule has 1 aliphatic heterocycles. The lowest BCUT2D eigenvalue weighted by Crippen LogP contribution is -2.34. The number of rotatable bonds is 14. The van der Waals surface area contributed by atoms with Crippen molar-refractivity contribution in [2.24, 2.45) is 0 Å². The van der Waals surface area contributed by atoms with Gasteiger partial charge in [-0.1, -0.05) is 51.9 Å². The molecular formula is C19H32FN2O8P. The fourth-order valence-electron chi connectivity index (χ4n) is 3.33. The predicted molar refractivity (Wildman–Crippen MR) is 110 cm³/mol. The highest BCUT2D eigenvalue weighted by molar-refractivity contribution is 7.47. The predicted octanol–water partition coefficient (Wildman–Crippen LogP) is 2.60. The first-order chi connectivity index (χ1) is 14.7. The minimum Gasteiger partial charge on any atom is -0.390 e.